The van der Waals surface area contributed by atoms with Gasteiger partial charge in [0.15, 0.2) is 5.58 Å². The van der Waals surface area contributed by atoms with Crippen LogP contribution in [-0.4, -0.2) is 4.98 Å². The zero-order valence-corrected chi connectivity index (χ0v) is 11.6. The maximum atomic E-state index is 11.0. The Morgan fingerprint density at radius 1 is 1.33 bits per heavy atom. The molecule has 0 saturated heterocycles. The molecule has 0 aliphatic rings. The Bertz CT molecular complexity index is 744. The van der Waals surface area contributed by atoms with Gasteiger partial charge in [0.1, 0.15) is 0 Å². The smallest absolute Gasteiger partial charge is 0.408 e. The highest BCUT2D eigenvalue weighted by Crippen LogP contribution is 2.23. The maximum absolute atomic E-state index is 11.0. The van der Waals surface area contributed by atoms with E-state index in [0.717, 1.165) is 16.0 Å². The monoisotopic (exact) mass is 324 g/mol. The van der Waals surface area contributed by atoms with Crippen molar-refractivity contribution in [2.45, 2.75) is 6.54 Å². The highest BCUT2D eigenvalue weighted by atomic mass is 79.9. The van der Waals surface area contributed by atoms with Crippen LogP contribution in [0.3, 0.4) is 0 Å². The summed E-state index contributed by atoms with van der Waals surface area (Å²) in [6.45, 7) is 0.754. The Kier molecular flexibility index (Phi) is 2.97. The summed E-state index contributed by atoms with van der Waals surface area (Å²) in [4.78, 5) is 14.9. The molecule has 0 saturated carbocycles. The van der Waals surface area contributed by atoms with E-state index >= 15 is 0 Å². The van der Waals surface area contributed by atoms with Crippen LogP contribution >= 0.6 is 27.3 Å². The third-order valence-electron chi connectivity index (χ3n) is 2.51. The molecule has 3 rings (SSSR count). The number of hydrogen-bond donors (Lipinski definition) is 2. The van der Waals surface area contributed by atoms with Gasteiger partial charge in [-0.25, -0.2) is 4.79 Å². The van der Waals surface area contributed by atoms with E-state index in [1.54, 1.807) is 17.4 Å². The van der Waals surface area contributed by atoms with Crippen LogP contribution in [0.15, 0.2) is 43.3 Å². The fourth-order valence-corrected chi connectivity index (χ4v) is 3.12. The largest absolute Gasteiger partial charge is 0.417 e. The average Bonchev–Trinajstić information content (AvgIpc) is 2.90. The minimum atomic E-state index is -0.427. The SMILES string of the molecule is O=c1[nH]c2cc(NCc3ccc(Br)s3)ccc2o1. The molecule has 0 atom stereocenters. The van der Waals surface area contributed by atoms with Crippen molar-refractivity contribution >= 4 is 44.1 Å². The molecule has 0 fully saturated rings. The van der Waals surface area contributed by atoms with Crippen molar-refractivity contribution in [3.05, 3.63) is 49.5 Å². The summed E-state index contributed by atoms with van der Waals surface area (Å²) >= 11 is 5.12. The van der Waals surface area contributed by atoms with Crippen molar-refractivity contribution in [1.29, 1.82) is 0 Å². The topological polar surface area (TPSA) is 58.0 Å². The van der Waals surface area contributed by atoms with Gasteiger partial charge in [-0.1, -0.05) is 0 Å². The number of oxazole rings is 1. The number of aromatic nitrogens is 1. The number of hydrogen-bond acceptors (Lipinski definition) is 4. The zero-order chi connectivity index (χ0) is 12.5. The Morgan fingerprint density at radius 3 is 3.00 bits per heavy atom. The highest BCUT2D eigenvalue weighted by molar-refractivity contribution is 9.11. The Labute approximate surface area is 115 Å². The molecule has 2 aromatic heterocycles. The molecular weight excluding hydrogens is 316 g/mol. The number of H-pyrrole nitrogens is 1. The fourth-order valence-electron chi connectivity index (χ4n) is 1.70. The van der Waals surface area contributed by atoms with E-state index in [1.807, 2.05) is 18.2 Å². The van der Waals surface area contributed by atoms with Crippen LogP contribution in [0.5, 0.6) is 0 Å². The minimum absolute atomic E-state index is 0.427. The number of fused-ring (bicyclic) bond motifs is 1. The van der Waals surface area contributed by atoms with Crippen molar-refractivity contribution in [3.8, 4) is 0 Å². The molecule has 2 heterocycles. The van der Waals surface area contributed by atoms with Crippen LogP contribution in [0, 0.1) is 0 Å². The van der Waals surface area contributed by atoms with Gasteiger partial charge in [-0.15, -0.1) is 11.3 Å². The van der Waals surface area contributed by atoms with Crippen LogP contribution < -0.4 is 11.1 Å². The van der Waals surface area contributed by atoms with Gasteiger partial charge in [0.2, 0.25) is 0 Å². The first-order chi connectivity index (χ1) is 8.70. The van der Waals surface area contributed by atoms with E-state index in [-0.39, 0.29) is 0 Å². The summed E-state index contributed by atoms with van der Waals surface area (Å²) in [5.74, 6) is -0.427. The molecule has 0 aliphatic carbocycles. The van der Waals surface area contributed by atoms with Crippen LogP contribution in [0.25, 0.3) is 11.1 Å². The second-order valence-electron chi connectivity index (χ2n) is 3.78. The lowest BCUT2D eigenvalue weighted by Gasteiger charge is -2.03. The van der Waals surface area contributed by atoms with Gasteiger partial charge >= 0.3 is 5.76 Å². The third kappa shape index (κ3) is 2.34. The Balaban J connectivity index is 1.80. The van der Waals surface area contributed by atoms with Gasteiger partial charge < -0.3 is 9.73 Å². The van der Waals surface area contributed by atoms with Crippen molar-refractivity contribution < 1.29 is 4.42 Å². The number of halogens is 1. The van der Waals surface area contributed by atoms with Crippen LogP contribution in [0.2, 0.25) is 0 Å². The first kappa shape index (κ1) is 11.6. The third-order valence-corrected chi connectivity index (χ3v) is 4.14. The summed E-state index contributed by atoms with van der Waals surface area (Å²) in [6.07, 6.45) is 0. The molecular formula is C12H9BrN2O2S. The molecule has 6 heteroatoms. The first-order valence-corrected chi connectivity index (χ1v) is 6.92. The van der Waals surface area contributed by atoms with Gasteiger partial charge in [0.25, 0.3) is 0 Å². The summed E-state index contributed by atoms with van der Waals surface area (Å²) in [5, 5.41) is 3.30. The summed E-state index contributed by atoms with van der Waals surface area (Å²) in [6, 6.07) is 9.63. The van der Waals surface area contributed by atoms with Crippen LogP contribution in [0.4, 0.5) is 5.69 Å². The Hall–Kier alpha value is -1.53. The fraction of sp³-hybridized carbons (Fsp3) is 0.0833. The molecule has 0 amide bonds. The molecule has 92 valence electrons. The maximum Gasteiger partial charge on any atom is 0.417 e. The molecule has 0 spiro atoms. The Morgan fingerprint density at radius 2 is 2.22 bits per heavy atom. The molecule has 0 unspecified atom stereocenters. The summed E-state index contributed by atoms with van der Waals surface area (Å²) in [5.41, 5.74) is 2.23. The lowest BCUT2D eigenvalue weighted by Crippen LogP contribution is -1.97. The summed E-state index contributed by atoms with van der Waals surface area (Å²) < 4.78 is 6.07. The number of benzene rings is 1. The number of rotatable bonds is 3. The van der Waals surface area contributed by atoms with E-state index in [0.29, 0.717) is 11.1 Å². The van der Waals surface area contributed by atoms with Crippen molar-refractivity contribution in [2.75, 3.05) is 5.32 Å². The molecule has 1 aromatic carbocycles. The molecule has 3 aromatic rings. The number of anilines is 1. The average molecular weight is 325 g/mol. The normalized spacial score (nSPS) is 10.9. The van der Waals surface area contributed by atoms with E-state index in [1.165, 1.54) is 4.88 Å². The van der Waals surface area contributed by atoms with Gasteiger partial charge in [-0.3, -0.25) is 4.98 Å². The quantitative estimate of drug-likeness (QED) is 0.774. The number of thiophene rings is 1. The predicted molar refractivity (Wildman–Crippen MR) is 76.2 cm³/mol. The summed E-state index contributed by atoms with van der Waals surface area (Å²) in [7, 11) is 0. The van der Waals surface area contributed by atoms with Gasteiger partial charge in [0.05, 0.1) is 9.30 Å². The van der Waals surface area contributed by atoms with Gasteiger partial charge in [-0.05, 0) is 46.3 Å². The predicted octanol–water partition coefficient (Wildman–Crippen LogP) is 3.56. The molecule has 0 radical (unpaired) electrons. The second-order valence-corrected chi connectivity index (χ2v) is 6.33. The second kappa shape index (κ2) is 4.62. The number of aromatic amines is 1. The van der Waals surface area contributed by atoms with Gasteiger partial charge in [0, 0.05) is 17.1 Å². The lowest BCUT2D eigenvalue weighted by molar-refractivity contribution is 0.555. The van der Waals surface area contributed by atoms with Crippen molar-refractivity contribution in [1.82, 2.24) is 4.98 Å². The van der Waals surface area contributed by atoms with Gasteiger partial charge in [-0.2, -0.15) is 0 Å². The lowest BCUT2D eigenvalue weighted by atomic mass is 10.3. The molecule has 4 nitrogen and oxygen atoms in total. The molecule has 18 heavy (non-hydrogen) atoms. The minimum Gasteiger partial charge on any atom is -0.408 e. The standard InChI is InChI=1S/C12H9BrN2O2S/c13-11-4-2-8(18-11)6-14-7-1-3-10-9(5-7)15-12(16)17-10/h1-5,14H,6H2,(H,15,16). The van der Waals surface area contributed by atoms with E-state index in [2.05, 4.69) is 32.3 Å². The van der Waals surface area contributed by atoms with Crippen LogP contribution in [-0.2, 0) is 6.54 Å². The molecule has 2 N–H and O–H groups in total. The van der Waals surface area contributed by atoms with Crippen molar-refractivity contribution in [3.63, 3.8) is 0 Å². The van der Waals surface area contributed by atoms with E-state index in [9.17, 15) is 4.79 Å². The number of nitrogens with one attached hydrogen (secondary N) is 2. The van der Waals surface area contributed by atoms with Crippen molar-refractivity contribution in [2.24, 2.45) is 0 Å². The zero-order valence-electron chi connectivity index (χ0n) is 9.20. The highest BCUT2D eigenvalue weighted by Gasteiger charge is 2.02. The molecule has 0 aliphatic heterocycles. The van der Waals surface area contributed by atoms with Crippen LogP contribution in [0.1, 0.15) is 4.88 Å². The first-order valence-electron chi connectivity index (χ1n) is 5.32. The van der Waals surface area contributed by atoms with E-state index < -0.39 is 5.76 Å². The molecule has 0 bridgehead atoms. The van der Waals surface area contributed by atoms with E-state index in [4.69, 9.17) is 4.42 Å².